The Hall–Kier alpha value is -2.67. The van der Waals surface area contributed by atoms with Crippen molar-refractivity contribution in [2.24, 2.45) is 0 Å². The summed E-state index contributed by atoms with van der Waals surface area (Å²) in [5, 5.41) is 10.1. The number of thioether (sulfide) groups is 1. The lowest BCUT2D eigenvalue weighted by Crippen LogP contribution is -2.28. The molecule has 0 saturated heterocycles. The van der Waals surface area contributed by atoms with Crippen molar-refractivity contribution in [3.63, 3.8) is 0 Å². The van der Waals surface area contributed by atoms with Gasteiger partial charge in [-0.1, -0.05) is 48.2 Å². The highest BCUT2D eigenvalue weighted by Crippen LogP contribution is 2.22. The molecule has 3 aromatic rings. The van der Waals surface area contributed by atoms with Crippen molar-refractivity contribution in [1.29, 1.82) is 0 Å². The first kappa shape index (κ1) is 18.1. The summed E-state index contributed by atoms with van der Waals surface area (Å²) in [4.78, 5) is 16.4. The lowest BCUT2D eigenvalue weighted by Gasteiger charge is -2.16. The number of carbonyl (C=O) groups excluding carboxylic acids is 1. The summed E-state index contributed by atoms with van der Waals surface area (Å²) in [6.07, 6.45) is 0. The van der Waals surface area contributed by atoms with E-state index in [1.54, 1.807) is 18.2 Å². The number of aromatic nitrogens is 3. The lowest BCUT2D eigenvalue weighted by molar-refractivity contribution is -0.119. The molecule has 0 spiro atoms. The molecule has 0 bridgehead atoms. The highest BCUT2D eigenvalue weighted by molar-refractivity contribution is 7.99. The van der Waals surface area contributed by atoms with Crippen LogP contribution in [0.3, 0.4) is 0 Å². The molecule has 2 aromatic carbocycles. The van der Waals surface area contributed by atoms with Gasteiger partial charge < -0.3 is 5.32 Å². The molecule has 0 radical (unpaired) electrons. The standard InChI is InChI=1S/C19H19FN4OS/c1-12-7-3-4-8-14(12)13(2)21-17(25)11-26-19-22-18(23-24-19)15-9-5-6-10-16(15)20/h3-10,13H,11H2,1-2H3,(H,21,25)(H,22,23,24)/t13-/m0/s1. The Balaban J connectivity index is 1.57. The molecular formula is C19H19FN4OS. The predicted octanol–water partition coefficient (Wildman–Crippen LogP) is 3.89. The maximum atomic E-state index is 13.8. The maximum absolute atomic E-state index is 13.8. The molecule has 0 saturated carbocycles. The van der Waals surface area contributed by atoms with Gasteiger partial charge in [-0.2, -0.15) is 0 Å². The minimum absolute atomic E-state index is 0.0783. The minimum Gasteiger partial charge on any atom is -0.349 e. The van der Waals surface area contributed by atoms with Gasteiger partial charge in [-0.3, -0.25) is 9.89 Å². The van der Waals surface area contributed by atoms with Gasteiger partial charge in [0.1, 0.15) is 5.82 Å². The van der Waals surface area contributed by atoms with Gasteiger partial charge in [0.05, 0.1) is 17.4 Å². The van der Waals surface area contributed by atoms with E-state index < -0.39 is 0 Å². The molecule has 1 aromatic heterocycles. The van der Waals surface area contributed by atoms with Crippen molar-refractivity contribution in [3.8, 4) is 11.4 Å². The minimum atomic E-state index is -0.370. The van der Waals surface area contributed by atoms with Gasteiger partial charge in [0.25, 0.3) is 0 Å². The van der Waals surface area contributed by atoms with E-state index in [0.29, 0.717) is 16.5 Å². The molecule has 26 heavy (non-hydrogen) atoms. The molecule has 1 amide bonds. The van der Waals surface area contributed by atoms with Gasteiger partial charge in [0.15, 0.2) is 5.82 Å². The first-order valence-electron chi connectivity index (χ1n) is 8.19. The number of aromatic amines is 1. The molecule has 0 unspecified atom stereocenters. The van der Waals surface area contributed by atoms with Crippen molar-refractivity contribution in [2.45, 2.75) is 25.0 Å². The number of H-pyrrole nitrogens is 1. The summed E-state index contributed by atoms with van der Waals surface area (Å²) in [6.45, 7) is 3.97. The van der Waals surface area contributed by atoms with Crippen molar-refractivity contribution in [1.82, 2.24) is 20.5 Å². The van der Waals surface area contributed by atoms with Crippen molar-refractivity contribution >= 4 is 17.7 Å². The second-order valence-corrected chi connectivity index (χ2v) is 6.82. The van der Waals surface area contributed by atoms with Crippen LogP contribution in [0.25, 0.3) is 11.4 Å². The summed E-state index contributed by atoms with van der Waals surface area (Å²) >= 11 is 1.20. The average molecular weight is 370 g/mol. The van der Waals surface area contributed by atoms with Crippen molar-refractivity contribution in [3.05, 3.63) is 65.5 Å². The number of rotatable bonds is 6. The Morgan fingerprint density at radius 3 is 2.73 bits per heavy atom. The van der Waals surface area contributed by atoms with E-state index in [4.69, 9.17) is 0 Å². The Labute approximate surface area is 155 Å². The fourth-order valence-electron chi connectivity index (χ4n) is 2.65. The highest BCUT2D eigenvalue weighted by atomic mass is 32.2. The molecule has 2 N–H and O–H groups in total. The van der Waals surface area contributed by atoms with Crippen LogP contribution in [0.15, 0.2) is 53.7 Å². The van der Waals surface area contributed by atoms with Crippen LogP contribution in [-0.4, -0.2) is 26.8 Å². The number of nitrogens with zero attached hydrogens (tertiary/aromatic N) is 2. The third-order valence-corrected chi connectivity index (χ3v) is 4.81. The zero-order valence-corrected chi connectivity index (χ0v) is 15.3. The Kier molecular flexibility index (Phi) is 5.68. The Morgan fingerprint density at radius 2 is 1.96 bits per heavy atom. The smallest absolute Gasteiger partial charge is 0.230 e. The summed E-state index contributed by atoms with van der Waals surface area (Å²) in [5.74, 6) is 0.0532. The highest BCUT2D eigenvalue weighted by Gasteiger charge is 2.14. The van der Waals surface area contributed by atoms with Crippen LogP contribution in [0.4, 0.5) is 4.39 Å². The summed E-state index contributed by atoms with van der Waals surface area (Å²) in [5.41, 5.74) is 2.58. The van der Waals surface area contributed by atoms with Crippen LogP contribution < -0.4 is 5.32 Å². The normalized spacial score (nSPS) is 12.0. The van der Waals surface area contributed by atoms with Gasteiger partial charge in [0, 0.05) is 0 Å². The summed E-state index contributed by atoms with van der Waals surface area (Å²) < 4.78 is 13.8. The summed E-state index contributed by atoms with van der Waals surface area (Å²) in [6, 6.07) is 14.2. The second kappa shape index (κ2) is 8.14. The second-order valence-electron chi connectivity index (χ2n) is 5.88. The SMILES string of the molecule is Cc1ccccc1[C@H](C)NC(=O)CSc1n[nH]c(-c2ccccc2F)n1. The largest absolute Gasteiger partial charge is 0.349 e. The topological polar surface area (TPSA) is 70.7 Å². The van der Waals surface area contributed by atoms with E-state index in [1.807, 2.05) is 38.1 Å². The van der Waals surface area contributed by atoms with Gasteiger partial charge >= 0.3 is 0 Å². The third-order valence-electron chi connectivity index (χ3n) is 3.96. The Bertz CT molecular complexity index is 912. The number of amides is 1. The van der Waals surface area contributed by atoms with Crippen LogP contribution in [-0.2, 0) is 4.79 Å². The first-order valence-corrected chi connectivity index (χ1v) is 9.18. The zero-order chi connectivity index (χ0) is 18.5. The van der Waals surface area contributed by atoms with Crippen LogP contribution >= 0.6 is 11.8 Å². The van der Waals surface area contributed by atoms with E-state index >= 15 is 0 Å². The zero-order valence-electron chi connectivity index (χ0n) is 14.5. The molecule has 0 aliphatic carbocycles. The van der Waals surface area contributed by atoms with Crippen LogP contribution in [0.1, 0.15) is 24.1 Å². The van der Waals surface area contributed by atoms with Gasteiger partial charge in [0.2, 0.25) is 11.1 Å². The number of hydrogen-bond acceptors (Lipinski definition) is 4. The number of hydrogen-bond donors (Lipinski definition) is 2. The molecule has 0 fully saturated rings. The molecule has 1 heterocycles. The maximum Gasteiger partial charge on any atom is 0.230 e. The molecule has 0 aliphatic rings. The Morgan fingerprint density at radius 1 is 1.23 bits per heavy atom. The molecule has 1 atom stereocenters. The van der Waals surface area contributed by atoms with Crippen molar-refractivity contribution < 1.29 is 9.18 Å². The van der Waals surface area contributed by atoms with Crippen molar-refractivity contribution in [2.75, 3.05) is 5.75 Å². The van der Waals surface area contributed by atoms with E-state index in [-0.39, 0.29) is 23.5 Å². The monoisotopic (exact) mass is 370 g/mol. The predicted molar refractivity (Wildman–Crippen MR) is 100 cm³/mol. The molecule has 7 heteroatoms. The fraction of sp³-hybridized carbons (Fsp3) is 0.211. The van der Waals surface area contributed by atoms with E-state index in [1.165, 1.54) is 17.8 Å². The number of carbonyl (C=O) groups is 1. The molecule has 0 aliphatic heterocycles. The molecule has 3 rings (SSSR count). The number of benzene rings is 2. The van der Waals surface area contributed by atoms with Crippen LogP contribution in [0.5, 0.6) is 0 Å². The van der Waals surface area contributed by atoms with Gasteiger partial charge in [-0.05, 0) is 37.1 Å². The quantitative estimate of drug-likeness (QED) is 0.646. The number of halogens is 1. The van der Waals surface area contributed by atoms with Crippen LogP contribution in [0, 0.1) is 12.7 Å². The van der Waals surface area contributed by atoms with Gasteiger partial charge in [-0.15, -0.1) is 5.10 Å². The molecule has 5 nitrogen and oxygen atoms in total. The molecule has 134 valence electrons. The van der Waals surface area contributed by atoms with E-state index in [0.717, 1.165) is 11.1 Å². The van der Waals surface area contributed by atoms with E-state index in [9.17, 15) is 9.18 Å². The fourth-order valence-corrected chi connectivity index (χ4v) is 3.26. The van der Waals surface area contributed by atoms with Crippen LogP contribution in [0.2, 0.25) is 0 Å². The molecular weight excluding hydrogens is 351 g/mol. The van der Waals surface area contributed by atoms with E-state index in [2.05, 4.69) is 20.5 Å². The third kappa shape index (κ3) is 4.29. The first-order chi connectivity index (χ1) is 12.5. The number of aryl methyl sites for hydroxylation is 1. The summed E-state index contributed by atoms with van der Waals surface area (Å²) in [7, 11) is 0. The lowest BCUT2D eigenvalue weighted by atomic mass is 10.0. The average Bonchev–Trinajstić information content (AvgIpc) is 3.09. The van der Waals surface area contributed by atoms with Gasteiger partial charge in [-0.25, -0.2) is 9.37 Å². The number of nitrogens with one attached hydrogen (secondary N) is 2.